The average molecular weight is 359 g/mol. The standard InChI is InChI=1S/C18H19BrN2O/c1-13-6-8-14(9-7-13)18(10-11-18)12-20-17(22)21-16-5-3-2-4-15(16)19/h2-9H,10-12H2,1H3,(H2,20,21,22). The second-order valence-corrected chi connectivity index (χ2v) is 6.79. The Kier molecular flexibility index (Phi) is 4.21. The second kappa shape index (κ2) is 6.13. The van der Waals surface area contributed by atoms with E-state index < -0.39 is 0 Å². The fraction of sp³-hybridized carbons (Fsp3) is 0.278. The van der Waals surface area contributed by atoms with Crippen LogP contribution in [0.4, 0.5) is 10.5 Å². The number of para-hydroxylation sites is 1. The highest BCUT2D eigenvalue weighted by Crippen LogP contribution is 2.47. The van der Waals surface area contributed by atoms with E-state index in [-0.39, 0.29) is 11.4 Å². The molecule has 0 spiro atoms. The Bertz CT molecular complexity index is 678. The highest BCUT2D eigenvalue weighted by atomic mass is 79.9. The van der Waals surface area contributed by atoms with Crippen molar-refractivity contribution in [2.24, 2.45) is 0 Å². The fourth-order valence-electron chi connectivity index (χ4n) is 2.60. The molecule has 3 rings (SSSR count). The number of hydrogen-bond donors (Lipinski definition) is 2. The molecular weight excluding hydrogens is 340 g/mol. The molecule has 0 saturated heterocycles. The quantitative estimate of drug-likeness (QED) is 0.822. The fourth-order valence-corrected chi connectivity index (χ4v) is 2.99. The lowest BCUT2D eigenvalue weighted by Crippen LogP contribution is -2.35. The molecular formula is C18H19BrN2O. The molecule has 0 aromatic heterocycles. The van der Waals surface area contributed by atoms with Crippen LogP contribution in [0.15, 0.2) is 53.0 Å². The summed E-state index contributed by atoms with van der Waals surface area (Å²) in [5.74, 6) is 0. The Morgan fingerprint density at radius 2 is 1.82 bits per heavy atom. The van der Waals surface area contributed by atoms with Crippen LogP contribution in [0, 0.1) is 6.92 Å². The molecule has 2 aromatic rings. The molecule has 2 N–H and O–H groups in total. The summed E-state index contributed by atoms with van der Waals surface area (Å²) in [6, 6.07) is 16.1. The van der Waals surface area contributed by atoms with Gasteiger partial charge in [-0.05, 0) is 53.4 Å². The molecule has 2 aromatic carbocycles. The second-order valence-electron chi connectivity index (χ2n) is 5.93. The van der Waals surface area contributed by atoms with Gasteiger partial charge in [-0.25, -0.2) is 4.79 Å². The van der Waals surface area contributed by atoms with Crippen molar-refractivity contribution in [1.82, 2.24) is 5.32 Å². The third-order valence-corrected chi connectivity index (χ3v) is 4.92. The molecule has 22 heavy (non-hydrogen) atoms. The van der Waals surface area contributed by atoms with E-state index in [0.29, 0.717) is 6.54 Å². The third kappa shape index (κ3) is 3.33. The number of urea groups is 1. The zero-order valence-electron chi connectivity index (χ0n) is 12.5. The largest absolute Gasteiger partial charge is 0.337 e. The Labute approximate surface area is 139 Å². The molecule has 1 aliphatic carbocycles. The number of nitrogens with one attached hydrogen (secondary N) is 2. The van der Waals surface area contributed by atoms with E-state index in [2.05, 4.69) is 57.8 Å². The smallest absolute Gasteiger partial charge is 0.319 e. The minimum absolute atomic E-state index is 0.124. The van der Waals surface area contributed by atoms with Gasteiger partial charge in [0.05, 0.1) is 5.69 Å². The minimum Gasteiger partial charge on any atom is -0.337 e. The van der Waals surface area contributed by atoms with Gasteiger partial charge in [-0.3, -0.25) is 0 Å². The third-order valence-electron chi connectivity index (χ3n) is 4.23. The van der Waals surface area contributed by atoms with Crippen LogP contribution < -0.4 is 10.6 Å². The molecule has 1 fully saturated rings. The zero-order valence-corrected chi connectivity index (χ0v) is 14.1. The van der Waals surface area contributed by atoms with Gasteiger partial charge in [0.1, 0.15) is 0 Å². The SMILES string of the molecule is Cc1ccc(C2(CNC(=O)Nc3ccccc3Br)CC2)cc1. The van der Waals surface area contributed by atoms with Gasteiger partial charge in [0.15, 0.2) is 0 Å². The van der Waals surface area contributed by atoms with E-state index in [0.717, 1.165) is 23.0 Å². The lowest BCUT2D eigenvalue weighted by atomic mass is 9.95. The Hall–Kier alpha value is -1.81. The molecule has 0 heterocycles. The number of carbonyl (C=O) groups is 1. The monoisotopic (exact) mass is 358 g/mol. The maximum absolute atomic E-state index is 12.1. The van der Waals surface area contributed by atoms with Crippen molar-refractivity contribution in [3.8, 4) is 0 Å². The zero-order chi connectivity index (χ0) is 15.6. The predicted octanol–water partition coefficient (Wildman–Crippen LogP) is 4.61. The minimum atomic E-state index is -0.162. The maximum Gasteiger partial charge on any atom is 0.319 e. The summed E-state index contributed by atoms with van der Waals surface area (Å²) in [6.45, 7) is 2.76. The van der Waals surface area contributed by atoms with Crippen molar-refractivity contribution in [2.75, 3.05) is 11.9 Å². The summed E-state index contributed by atoms with van der Waals surface area (Å²) in [5.41, 5.74) is 3.48. The first-order valence-corrected chi connectivity index (χ1v) is 8.25. The number of halogens is 1. The number of rotatable bonds is 4. The Balaban J connectivity index is 1.59. The van der Waals surface area contributed by atoms with Gasteiger partial charge in [0.25, 0.3) is 0 Å². The van der Waals surface area contributed by atoms with Gasteiger partial charge in [0, 0.05) is 16.4 Å². The Morgan fingerprint density at radius 1 is 1.14 bits per heavy atom. The van der Waals surface area contributed by atoms with Crippen LogP contribution in [0.5, 0.6) is 0 Å². The lowest BCUT2D eigenvalue weighted by molar-refractivity contribution is 0.251. The summed E-state index contributed by atoms with van der Waals surface area (Å²) in [4.78, 5) is 12.1. The first-order chi connectivity index (χ1) is 10.6. The number of aryl methyl sites for hydroxylation is 1. The molecule has 0 unspecified atom stereocenters. The summed E-state index contributed by atoms with van der Waals surface area (Å²) in [7, 11) is 0. The Morgan fingerprint density at radius 3 is 2.45 bits per heavy atom. The lowest BCUT2D eigenvalue weighted by Gasteiger charge is -2.17. The molecule has 0 atom stereocenters. The molecule has 4 heteroatoms. The number of carbonyl (C=O) groups excluding carboxylic acids is 1. The van der Waals surface area contributed by atoms with E-state index in [1.165, 1.54) is 11.1 Å². The van der Waals surface area contributed by atoms with Crippen molar-refractivity contribution in [2.45, 2.75) is 25.2 Å². The van der Waals surface area contributed by atoms with E-state index >= 15 is 0 Å². The molecule has 1 saturated carbocycles. The van der Waals surface area contributed by atoms with Crippen LogP contribution in [0.2, 0.25) is 0 Å². The van der Waals surface area contributed by atoms with Gasteiger partial charge < -0.3 is 10.6 Å². The van der Waals surface area contributed by atoms with Crippen LogP contribution in [-0.4, -0.2) is 12.6 Å². The maximum atomic E-state index is 12.1. The number of amides is 2. The summed E-state index contributed by atoms with van der Waals surface area (Å²) >= 11 is 3.43. The number of hydrogen-bond acceptors (Lipinski definition) is 1. The first-order valence-electron chi connectivity index (χ1n) is 7.46. The van der Waals surface area contributed by atoms with E-state index in [1.54, 1.807) is 0 Å². The van der Waals surface area contributed by atoms with E-state index in [4.69, 9.17) is 0 Å². The van der Waals surface area contributed by atoms with Gasteiger partial charge in [0.2, 0.25) is 0 Å². The van der Waals surface area contributed by atoms with Crippen molar-refractivity contribution in [3.05, 3.63) is 64.1 Å². The molecule has 114 valence electrons. The molecule has 0 bridgehead atoms. The van der Waals surface area contributed by atoms with Crippen LogP contribution in [0.25, 0.3) is 0 Å². The topological polar surface area (TPSA) is 41.1 Å². The number of benzene rings is 2. The van der Waals surface area contributed by atoms with Gasteiger partial charge in [-0.1, -0.05) is 42.0 Å². The molecule has 2 amide bonds. The molecule has 0 radical (unpaired) electrons. The van der Waals surface area contributed by atoms with Gasteiger partial charge >= 0.3 is 6.03 Å². The normalized spacial score (nSPS) is 15.2. The van der Waals surface area contributed by atoms with E-state index in [1.807, 2.05) is 24.3 Å². The van der Waals surface area contributed by atoms with Crippen molar-refractivity contribution < 1.29 is 4.79 Å². The summed E-state index contributed by atoms with van der Waals surface area (Å²) in [6.07, 6.45) is 2.26. The van der Waals surface area contributed by atoms with Crippen LogP contribution in [0.3, 0.4) is 0 Å². The molecule has 1 aliphatic rings. The average Bonchev–Trinajstić information content (AvgIpc) is 3.29. The van der Waals surface area contributed by atoms with Gasteiger partial charge in [-0.15, -0.1) is 0 Å². The predicted molar refractivity (Wildman–Crippen MR) is 93.3 cm³/mol. The van der Waals surface area contributed by atoms with Crippen LogP contribution in [-0.2, 0) is 5.41 Å². The van der Waals surface area contributed by atoms with Crippen molar-refractivity contribution in [1.29, 1.82) is 0 Å². The highest BCUT2D eigenvalue weighted by Gasteiger charge is 2.44. The van der Waals surface area contributed by atoms with Crippen LogP contribution >= 0.6 is 15.9 Å². The highest BCUT2D eigenvalue weighted by molar-refractivity contribution is 9.10. The van der Waals surface area contributed by atoms with Crippen molar-refractivity contribution >= 4 is 27.6 Å². The summed E-state index contributed by atoms with van der Waals surface area (Å²) in [5, 5.41) is 5.88. The van der Waals surface area contributed by atoms with E-state index in [9.17, 15) is 4.79 Å². The molecule has 3 nitrogen and oxygen atoms in total. The molecule has 0 aliphatic heterocycles. The van der Waals surface area contributed by atoms with Crippen molar-refractivity contribution in [3.63, 3.8) is 0 Å². The number of anilines is 1. The van der Waals surface area contributed by atoms with Gasteiger partial charge in [-0.2, -0.15) is 0 Å². The first kappa shape index (κ1) is 15.1. The summed E-state index contributed by atoms with van der Waals surface area (Å²) < 4.78 is 0.879. The van der Waals surface area contributed by atoms with Crippen LogP contribution in [0.1, 0.15) is 24.0 Å².